The zero-order valence-corrected chi connectivity index (χ0v) is 12.3. The third-order valence-electron chi connectivity index (χ3n) is 5.05. The van der Waals surface area contributed by atoms with Gasteiger partial charge < -0.3 is 15.4 Å². The third kappa shape index (κ3) is 2.91. The van der Waals surface area contributed by atoms with Crippen molar-refractivity contribution in [1.29, 1.82) is 0 Å². The number of ether oxygens (including phenoxy) is 1. The molecule has 110 valence electrons. The molecule has 0 aromatic rings. The van der Waals surface area contributed by atoms with E-state index in [-0.39, 0.29) is 17.8 Å². The average Bonchev–Trinajstić information content (AvgIpc) is 2.85. The van der Waals surface area contributed by atoms with Crippen LogP contribution in [0.4, 0.5) is 0 Å². The summed E-state index contributed by atoms with van der Waals surface area (Å²) in [6.07, 6.45) is 6.73. The lowest BCUT2D eigenvalue weighted by molar-refractivity contribution is -0.135. The van der Waals surface area contributed by atoms with Crippen LogP contribution in [0.15, 0.2) is 0 Å². The molecule has 1 amide bonds. The number of nitrogens with one attached hydrogen (secondary N) is 2. The Morgan fingerprint density at radius 2 is 2.00 bits per heavy atom. The van der Waals surface area contributed by atoms with Crippen LogP contribution in [0.3, 0.4) is 0 Å². The van der Waals surface area contributed by atoms with Gasteiger partial charge in [-0.3, -0.25) is 4.79 Å². The second-order valence-corrected chi connectivity index (χ2v) is 6.09. The van der Waals surface area contributed by atoms with Gasteiger partial charge in [-0.15, -0.1) is 12.4 Å². The molecule has 3 fully saturated rings. The molecule has 3 rings (SSSR count). The van der Waals surface area contributed by atoms with E-state index in [0.29, 0.717) is 17.9 Å². The maximum absolute atomic E-state index is 12.7. The Morgan fingerprint density at radius 3 is 2.79 bits per heavy atom. The molecule has 1 saturated carbocycles. The predicted molar refractivity (Wildman–Crippen MR) is 76.5 cm³/mol. The molecular weight excluding hydrogens is 264 g/mol. The molecule has 0 radical (unpaired) electrons. The van der Waals surface area contributed by atoms with E-state index in [4.69, 9.17) is 4.74 Å². The summed E-state index contributed by atoms with van der Waals surface area (Å²) >= 11 is 0. The first kappa shape index (κ1) is 15.1. The Hall–Kier alpha value is -0.320. The molecule has 4 nitrogen and oxygen atoms in total. The fourth-order valence-corrected chi connectivity index (χ4v) is 3.86. The number of hydrogen-bond donors (Lipinski definition) is 2. The molecule has 0 aromatic heterocycles. The first-order valence-corrected chi connectivity index (χ1v) is 7.41. The van der Waals surface area contributed by atoms with Crippen LogP contribution in [-0.4, -0.2) is 38.3 Å². The van der Waals surface area contributed by atoms with Crippen LogP contribution in [0.5, 0.6) is 0 Å². The van der Waals surface area contributed by atoms with Crippen molar-refractivity contribution in [2.45, 2.75) is 44.6 Å². The Morgan fingerprint density at radius 1 is 1.21 bits per heavy atom. The summed E-state index contributed by atoms with van der Waals surface area (Å²) in [4.78, 5) is 12.7. The van der Waals surface area contributed by atoms with E-state index < -0.39 is 0 Å². The molecule has 0 aromatic carbocycles. The number of hydrogen-bond acceptors (Lipinski definition) is 3. The van der Waals surface area contributed by atoms with Crippen LogP contribution < -0.4 is 10.6 Å². The number of fused-ring (bicyclic) bond motifs is 1. The summed E-state index contributed by atoms with van der Waals surface area (Å²) in [5.41, 5.74) is -0.101. The standard InChI is InChI=1S/C14H24N2O2.ClH/c17-13(16-12-4-7-18-8-5-12)14-6-2-1-3-11(14)9-15-10-14;/h11-12,15H,1-10H2,(H,16,17);1H/t11-,14+;/m0./s1. The second kappa shape index (κ2) is 6.42. The predicted octanol–water partition coefficient (Wildman–Crippen LogP) is 1.48. The molecule has 19 heavy (non-hydrogen) atoms. The van der Waals surface area contributed by atoms with Gasteiger partial charge in [-0.1, -0.05) is 12.8 Å². The van der Waals surface area contributed by atoms with Gasteiger partial charge in [0.15, 0.2) is 0 Å². The van der Waals surface area contributed by atoms with Crippen molar-refractivity contribution in [1.82, 2.24) is 10.6 Å². The van der Waals surface area contributed by atoms with Gasteiger partial charge in [0, 0.05) is 25.8 Å². The smallest absolute Gasteiger partial charge is 0.228 e. The van der Waals surface area contributed by atoms with Gasteiger partial charge in [-0.25, -0.2) is 0 Å². The zero-order chi connectivity index (χ0) is 12.4. The Balaban J connectivity index is 0.00000133. The normalized spacial score (nSPS) is 35.3. The van der Waals surface area contributed by atoms with Gasteiger partial charge in [-0.05, 0) is 38.1 Å². The SMILES string of the molecule is Cl.O=C(NC1CCOCC1)[C@@]12CCCC[C@H]1CNC2. The molecule has 0 unspecified atom stereocenters. The second-order valence-electron chi connectivity index (χ2n) is 6.09. The fourth-order valence-electron chi connectivity index (χ4n) is 3.86. The summed E-state index contributed by atoms with van der Waals surface area (Å²) < 4.78 is 5.35. The van der Waals surface area contributed by atoms with E-state index in [9.17, 15) is 4.79 Å². The maximum Gasteiger partial charge on any atom is 0.228 e. The monoisotopic (exact) mass is 288 g/mol. The summed E-state index contributed by atoms with van der Waals surface area (Å²) in [6, 6.07) is 0.337. The van der Waals surface area contributed by atoms with Gasteiger partial charge in [0.25, 0.3) is 0 Å². The molecule has 2 saturated heterocycles. The minimum atomic E-state index is -0.101. The molecule has 0 bridgehead atoms. The van der Waals surface area contributed by atoms with E-state index in [1.165, 1.54) is 19.3 Å². The van der Waals surface area contributed by atoms with Crippen LogP contribution in [0.1, 0.15) is 38.5 Å². The minimum absolute atomic E-state index is 0. The van der Waals surface area contributed by atoms with Crippen molar-refractivity contribution in [3.8, 4) is 0 Å². The van der Waals surface area contributed by atoms with Crippen LogP contribution in [0.2, 0.25) is 0 Å². The highest BCUT2D eigenvalue weighted by Crippen LogP contribution is 2.44. The minimum Gasteiger partial charge on any atom is -0.381 e. The highest BCUT2D eigenvalue weighted by Gasteiger charge is 2.50. The van der Waals surface area contributed by atoms with E-state index >= 15 is 0 Å². The summed E-state index contributed by atoms with van der Waals surface area (Å²) in [6.45, 7) is 3.49. The largest absolute Gasteiger partial charge is 0.381 e. The molecular formula is C14H25ClN2O2. The van der Waals surface area contributed by atoms with Crippen molar-refractivity contribution >= 4 is 18.3 Å². The Labute approximate surface area is 121 Å². The Bertz CT molecular complexity index is 321. The summed E-state index contributed by atoms with van der Waals surface area (Å²) in [5, 5.41) is 6.73. The van der Waals surface area contributed by atoms with Crippen molar-refractivity contribution in [3.63, 3.8) is 0 Å². The van der Waals surface area contributed by atoms with E-state index in [1.54, 1.807) is 0 Å². The number of carbonyl (C=O) groups excluding carboxylic acids is 1. The molecule has 3 aliphatic rings. The maximum atomic E-state index is 12.7. The molecule has 2 N–H and O–H groups in total. The molecule has 5 heteroatoms. The zero-order valence-electron chi connectivity index (χ0n) is 11.5. The average molecular weight is 289 g/mol. The first-order valence-electron chi connectivity index (χ1n) is 7.41. The van der Waals surface area contributed by atoms with Crippen LogP contribution in [0.25, 0.3) is 0 Å². The first-order chi connectivity index (χ1) is 8.81. The quantitative estimate of drug-likeness (QED) is 0.809. The lowest BCUT2D eigenvalue weighted by Crippen LogP contribution is -2.51. The number of rotatable bonds is 2. The third-order valence-corrected chi connectivity index (χ3v) is 5.05. The van der Waals surface area contributed by atoms with Crippen LogP contribution >= 0.6 is 12.4 Å². The van der Waals surface area contributed by atoms with Gasteiger partial charge >= 0.3 is 0 Å². The highest BCUT2D eigenvalue weighted by atomic mass is 35.5. The lowest BCUT2D eigenvalue weighted by Gasteiger charge is -2.38. The van der Waals surface area contributed by atoms with Crippen LogP contribution in [-0.2, 0) is 9.53 Å². The number of carbonyl (C=O) groups is 1. The highest BCUT2D eigenvalue weighted by molar-refractivity contribution is 5.85. The fraction of sp³-hybridized carbons (Fsp3) is 0.929. The van der Waals surface area contributed by atoms with Crippen LogP contribution in [0, 0.1) is 11.3 Å². The van der Waals surface area contributed by atoms with Gasteiger partial charge in [0.2, 0.25) is 5.91 Å². The van der Waals surface area contributed by atoms with E-state index in [1.807, 2.05) is 0 Å². The van der Waals surface area contributed by atoms with Gasteiger partial charge in [-0.2, -0.15) is 0 Å². The van der Waals surface area contributed by atoms with Crippen molar-refractivity contribution in [2.24, 2.45) is 11.3 Å². The van der Waals surface area contributed by atoms with Crippen molar-refractivity contribution in [3.05, 3.63) is 0 Å². The van der Waals surface area contributed by atoms with Crippen molar-refractivity contribution in [2.75, 3.05) is 26.3 Å². The van der Waals surface area contributed by atoms with Crippen molar-refractivity contribution < 1.29 is 9.53 Å². The topological polar surface area (TPSA) is 50.4 Å². The lowest BCUT2D eigenvalue weighted by atomic mass is 9.67. The molecule has 1 aliphatic carbocycles. The molecule has 0 spiro atoms. The molecule has 2 heterocycles. The Kier molecular flexibility index (Phi) is 5.09. The number of halogens is 1. The van der Waals surface area contributed by atoms with Gasteiger partial charge in [0.1, 0.15) is 0 Å². The summed E-state index contributed by atoms with van der Waals surface area (Å²) in [5.74, 6) is 0.871. The molecule has 2 atom stereocenters. The molecule has 2 aliphatic heterocycles. The number of amides is 1. The van der Waals surface area contributed by atoms with E-state index in [2.05, 4.69) is 10.6 Å². The van der Waals surface area contributed by atoms with Gasteiger partial charge in [0.05, 0.1) is 5.41 Å². The van der Waals surface area contributed by atoms with E-state index in [0.717, 1.165) is 45.6 Å². The summed E-state index contributed by atoms with van der Waals surface area (Å²) in [7, 11) is 0.